The summed E-state index contributed by atoms with van der Waals surface area (Å²) in [4.78, 5) is 42.8. The number of aromatic nitrogens is 4. The van der Waals surface area contributed by atoms with Crippen molar-refractivity contribution in [3.8, 4) is 17.9 Å². The first-order valence-electron chi connectivity index (χ1n) is 6.77. The third-order valence-corrected chi connectivity index (χ3v) is 3.41. The topological polar surface area (TPSA) is 119 Å². The fourth-order valence-electron chi connectivity index (χ4n) is 1.77. The van der Waals surface area contributed by atoms with Crippen LogP contribution in [-0.2, 0) is 18.4 Å². The maximum absolute atomic E-state index is 12.2. The molecule has 0 atom stereocenters. The minimum Gasteiger partial charge on any atom is -0.479 e. The van der Waals surface area contributed by atoms with Gasteiger partial charge in [-0.3, -0.25) is 18.7 Å². The van der Waals surface area contributed by atoms with Gasteiger partial charge in [-0.1, -0.05) is 30.0 Å². The molecule has 0 aromatic carbocycles. The van der Waals surface area contributed by atoms with Crippen LogP contribution >= 0.6 is 11.6 Å². The summed E-state index contributed by atoms with van der Waals surface area (Å²) in [5, 5.41) is 11.0. The van der Waals surface area contributed by atoms with Crippen molar-refractivity contribution >= 4 is 23.2 Å². The van der Waals surface area contributed by atoms with E-state index in [1.165, 1.54) is 19.4 Å². The van der Waals surface area contributed by atoms with Crippen LogP contribution in [0.5, 0.6) is 6.01 Å². The van der Waals surface area contributed by atoms with Gasteiger partial charge in [-0.05, 0) is 6.08 Å². The number of carbonyl (C=O) groups excluding carboxylic acids is 1. The van der Waals surface area contributed by atoms with Crippen LogP contribution in [-0.4, -0.2) is 30.1 Å². The molecule has 0 aliphatic rings. The van der Waals surface area contributed by atoms with E-state index in [1.54, 1.807) is 0 Å². The fourth-order valence-corrected chi connectivity index (χ4v) is 2.03. The Hall–Kier alpha value is -3.38. The van der Waals surface area contributed by atoms with Crippen molar-refractivity contribution in [1.29, 1.82) is 0 Å². The minimum atomic E-state index is -0.749. The van der Waals surface area contributed by atoms with Crippen LogP contribution in [0.25, 0.3) is 0 Å². The molecular weight excluding hydrogens is 350 g/mol. The van der Waals surface area contributed by atoms with Gasteiger partial charge >= 0.3 is 11.7 Å². The smallest absolute Gasteiger partial charge is 0.332 e. The molecule has 25 heavy (non-hydrogen) atoms. The van der Waals surface area contributed by atoms with E-state index in [4.69, 9.17) is 16.7 Å². The number of hydrogen-bond donors (Lipinski definition) is 2. The summed E-state index contributed by atoms with van der Waals surface area (Å²) in [5.74, 6) is 4.72. The highest BCUT2D eigenvalue weighted by Crippen LogP contribution is 2.15. The lowest BCUT2D eigenvalue weighted by molar-refractivity contribution is -0.111. The third-order valence-electron chi connectivity index (χ3n) is 3.02. The summed E-state index contributed by atoms with van der Waals surface area (Å²) in [6.07, 6.45) is 3.57. The van der Waals surface area contributed by atoms with Crippen molar-refractivity contribution in [1.82, 2.24) is 19.1 Å². The highest BCUT2D eigenvalue weighted by Gasteiger charge is 2.16. The number of hydrogen-bond acceptors (Lipinski definition) is 6. The lowest BCUT2D eigenvalue weighted by atomic mass is 10.3. The summed E-state index contributed by atoms with van der Waals surface area (Å²) in [6.45, 7) is 3.13. The zero-order valence-electron chi connectivity index (χ0n) is 13.0. The fraction of sp³-hybridized carbons (Fsp3) is 0.133. The van der Waals surface area contributed by atoms with Crippen LogP contribution in [0.3, 0.4) is 0 Å². The number of nitrogens with zero attached hydrogens (tertiary/aromatic N) is 4. The Morgan fingerprint density at radius 3 is 2.68 bits per heavy atom. The van der Waals surface area contributed by atoms with Gasteiger partial charge in [-0.2, -0.15) is 0 Å². The molecular formula is C15H12ClN5O4. The standard InChI is InChI=1S/C15H12ClN5O4/c1-3-10(22)19-11-12(16)21(15(25)20(2)13(11)23)6-4-5-9-7-17-14(24)18-8-9/h3,7-8H,1,6H2,2H3,(H,19,22)(H,17,18,24). The number of aromatic hydroxyl groups is 1. The second-order valence-corrected chi connectivity index (χ2v) is 5.02. The van der Waals surface area contributed by atoms with Crippen LogP contribution in [0.1, 0.15) is 5.56 Å². The first-order chi connectivity index (χ1) is 11.8. The minimum absolute atomic E-state index is 0.149. The number of amides is 1. The van der Waals surface area contributed by atoms with Gasteiger partial charge in [0.05, 0.1) is 12.1 Å². The molecule has 9 nitrogen and oxygen atoms in total. The second kappa shape index (κ2) is 7.46. The van der Waals surface area contributed by atoms with E-state index in [1.807, 2.05) is 0 Å². The SMILES string of the molecule is C=CC(=O)Nc1c(Cl)n(CC#Cc2cnc(O)nc2)c(=O)n(C)c1=O. The molecule has 2 heterocycles. The Morgan fingerprint density at radius 1 is 1.44 bits per heavy atom. The van der Waals surface area contributed by atoms with Crippen molar-refractivity contribution in [2.24, 2.45) is 7.05 Å². The van der Waals surface area contributed by atoms with E-state index in [0.29, 0.717) is 5.56 Å². The third kappa shape index (κ3) is 3.94. The predicted octanol–water partition coefficient (Wildman–Crippen LogP) is -0.128. The number of carbonyl (C=O) groups is 1. The molecule has 2 aromatic heterocycles. The molecule has 0 fully saturated rings. The zero-order chi connectivity index (χ0) is 18.6. The molecule has 0 saturated heterocycles. The van der Waals surface area contributed by atoms with Gasteiger partial charge in [0.15, 0.2) is 0 Å². The zero-order valence-corrected chi connectivity index (χ0v) is 13.7. The Bertz CT molecular complexity index is 1010. The summed E-state index contributed by atoms with van der Waals surface area (Å²) >= 11 is 6.07. The van der Waals surface area contributed by atoms with E-state index < -0.39 is 17.2 Å². The maximum atomic E-state index is 12.2. The molecule has 0 unspecified atom stereocenters. The Kier molecular flexibility index (Phi) is 5.36. The van der Waals surface area contributed by atoms with Crippen molar-refractivity contribution < 1.29 is 9.90 Å². The molecule has 0 bridgehead atoms. The molecule has 2 aromatic rings. The molecule has 0 aliphatic heterocycles. The number of rotatable bonds is 3. The van der Waals surface area contributed by atoms with E-state index in [0.717, 1.165) is 15.2 Å². The van der Waals surface area contributed by atoms with E-state index in [9.17, 15) is 14.4 Å². The van der Waals surface area contributed by atoms with Crippen molar-refractivity contribution in [2.75, 3.05) is 5.32 Å². The molecule has 2 N–H and O–H groups in total. The molecule has 0 saturated carbocycles. The van der Waals surface area contributed by atoms with Gasteiger partial charge in [-0.25, -0.2) is 14.8 Å². The molecule has 1 amide bonds. The van der Waals surface area contributed by atoms with Gasteiger partial charge in [0.25, 0.3) is 5.56 Å². The molecule has 0 spiro atoms. The molecule has 128 valence electrons. The highest BCUT2D eigenvalue weighted by atomic mass is 35.5. The van der Waals surface area contributed by atoms with Gasteiger partial charge in [0, 0.05) is 19.4 Å². The van der Waals surface area contributed by atoms with E-state index >= 15 is 0 Å². The molecule has 10 heteroatoms. The molecule has 2 rings (SSSR count). The van der Waals surface area contributed by atoms with E-state index in [-0.39, 0.29) is 23.4 Å². The quantitative estimate of drug-likeness (QED) is 0.446. The van der Waals surface area contributed by atoms with Crippen LogP contribution < -0.4 is 16.6 Å². The monoisotopic (exact) mass is 361 g/mol. The highest BCUT2D eigenvalue weighted by molar-refractivity contribution is 6.32. The van der Waals surface area contributed by atoms with Crippen LogP contribution in [0.2, 0.25) is 5.15 Å². The summed E-state index contributed by atoms with van der Waals surface area (Å²) in [6, 6.07) is -0.384. The van der Waals surface area contributed by atoms with Crippen LogP contribution in [0.15, 0.2) is 34.6 Å². The number of anilines is 1. The van der Waals surface area contributed by atoms with Gasteiger partial charge < -0.3 is 10.4 Å². The number of halogens is 1. The first-order valence-corrected chi connectivity index (χ1v) is 7.15. The summed E-state index contributed by atoms with van der Waals surface area (Å²) < 4.78 is 1.83. The van der Waals surface area contributed by atoms with Crippen LogP contribution in [0.4, 0.5) is 5.69 Å². The lowest BCUT2D eigenvalue weighted by Gasteiger charge is -2.11. The Morgan fingerprint density at radius 2 is 2.08 bits per heavy atom. The first kappa shape index (κ1) is 18.0. The van der Waals surface area contributed by atoms with E-state index in [2.05, 4.69) is 33.7 Å². The average Bonchev–Trinajstić information content (AvgIpc) is 2.61. The van der Waals surface area contributed by atoms with Gasteiger partial charge in [0.1, 0.15) is 10.8 Å². The van der Waals surface area contributed by atoms with Crippen molar-refractivity contribution in [2.45, 2.75) is 6.54 Å². The predicted molar refractivity (Wildman–Crippen MR) is 90.4 cm³/mol. The average molecular weight is 362 g/mol. The Labute approximate surface area is 146 Å². The second-order valence-electron chi connectivity index (χ2n) is 4.67. The van der Waals surface area contributed by atoms with Crippen LogP contribution in [0, 0.1) is 11.8 Å². The summed E-state index contributed by atoms with van der Waals surface area (Å²) in [5.41, 5.74) is -1.28. The summed E-state index contributed by atoms with van der Waals surface area (Å²) in [7, 11) is 1.25. The Balaban J connectivity index is 2.43. The lowest BCUT2D eigenvalue weighted by Crippen LogP contribution is -2.40. The van der Waals surface area contributed by atoms with Crippen molar-refractivity contribution in [3.63, 3.8) is 0 Å². The van der Waals surface area contributed by atoms with Gasteiger partial charge in [-0.15, -0.1) is 0 Å². The largest absolute Gasteiger partial charge is 0.479 e. The maximum Gasteiger partial charge on any atom is 0.332 e. The normalized spacial score (nSPS) is 9.84. The molecule has 0 aliphatic carbocycles. The van der Waals surface area contributed by atoms with Gasteiger partial charge in [0.2, 0.25) is 5.91 Å². The number of nitrogens with one attached hydrogen (secondary N) is 1. The molecule has 0 radical (unpaired) electrons. The van der Waals surface area contributed by atoms with Crippen molar-refractivity contribution in [3.05, 3.63) is 56.6 Å².